The highest BCUT2D eigenvalue weighted by Gasteiger charge is 2.39. The Hall–Kier alpha value is -2.21. The van der Waals surface area contributed by atoms with Crippen LogP contribution in [0.4, 0.5) is 4.79 Å². The predicted molar refractivity (Wildman–Crippen MR) is 96.5 cm³/mol. The zero-order valence-corrected chi connectivity index (χ0v) is 14.7. The topological polar surface area (TPSA) is 29.5 Å². The number of amides is 1. The molecule has 0 N–H and O–H groups in total. The van der Waals surface area contributed by atoms with E-state index in [1.54, 1.807) is 0 Å². The van der Waals surface area contributed by atoms with E-state index in [1.165, 1.54) is 11.1 Å². The maximum atomic E-state index is 12.6. The number of carbonyl (C=O) groups excluding carboxylic acids is 1. The molecule has 1 saturated heterocycles. The summed E-state index contributed by atoms with van der Waals surface area (Å²) in [5, 5.41) is 0. The minimum absolute atomic E-state index is 0.122. The average Bonchev–Trinajstić information content (AvgIpc) is 2.52. The van der Waals surface area contributed by atoms with Crippen LogP contribution >= 0.6 is 0 Å². The Morgan fingerprint density at radius 1 is 1.33 bits per heavy atom. The number of hydrogen-bond donors (Lipinski definition) is 0. The van der Waals surface area contributed by atoms with Crippen molar-refractivity contribution >= 4 is 11.7 Å². The van der Waals surface area contributed by atoms with Gasteiger partial charge in [0.25, 0.3) is 0 Å². The second-order valence-electron chi connectivity index (χ2n) is 7.66. The zero-order valence-electron chi connectivity index (χ0n) is 14.7. The molecule has 3 nitrogen and oxygen atoms in total. The lowest BCUT2D eigenvalue weighted by molar-refractivity contribution is 0.0000857. The summed E-state index contributed by atoms with van der Waals surface area (Å²) in [5.74, 6) is 2.70. The summed E-state index contributed by atoms with van der Waals surface area (Å²) in [6.07, 6.45) is 11.6. The summed E-state index contributed by atoms with van der Waals surface area (Å²) in [7, 11) is 0. The van der Waals surface area contributed by atoms with Crippen LogP contribution in [0.2, 0.25) is 0 Å². The molecule has 24 heavy (non-hydrogen) atoms. The van der Waals surface area contributed by atoms with Crippen molar-refractivity contribution in [2.45, 2.75) is 64.1 Å². The molecule has 1 fully saturated rings. The first-order valence-electron chi connectivity index (χ1n) is 8.66. The van der Waals surface area contributed by atoms with Crippen LogP contribution in [0.5, 0.6) is 0 Å². The highest BCUT2D eigenvalue weighted by atomic mass is 16.6. The molecular formula is C21H25NO2. The summed E-state index contributed by atoms with van der Waals surface area (Å²) in [6.45, 7) is 5.74. The molecule has 2 aliphatic heterocycles. The Bertz CT molecular complexity index is 705. The van der Waals surface area contributed by atoms with Crippen molar-refractivity contribution in [1.29, 1.82) is 0 Å². The first kappa shape index (κ1) is 16.6. The molecular weight excluding hydrogens is 298 g/mol. The van der Waals surface area contributed by atoms with Gasteiger partial charge in [-0.05, 0) is 69.7 Å². The molecule has 0 spiro atoms. The van der Waals surface area contributed by atoms with Gasteiger partial charge < -0.3 is 4.74 Å². The van der Waals surface area contributed by atoms with Crippen molar-refractivity contribution in [3.05, 3.63) is 41.5 Å². The van der Waals surface area contributed by atoms with Crippen LogP contribution in [0.3, 0.4) is 0 Å². The monoisotopic (exact) mass is 323 g/mol. The van der Waals surface area contributed by atoms with Crippen LogP contribution in [0.15, 0.2) is 30.3 Å². The van der Waals surface area contributed by atoms with E-state index in [-0.39, 0.29) is 18.2 Å². The molecule has 0 aliphatic carbocycles. The molecule has 0 saturated carbocycles. The molecule has 0 aromatic heterocycles. The number of rotatable bonds is 1. The number of nitrogens with zero attached hydrogens (tertiary/aromatic N) is 1. The maximum Gasteiger partial charge on any atom is 0.411 e. The van der Waals surface area contributed by atoms with Gasteiger partial charge in [-0.3, -0.25) is 4.90 Å². The third-order valence-corrected chi connectivity index (χ3v) is 4.64. The molecule has 126 valence electrons. The minimum atomic E-state index is -0.462. The van der Waals surface area contributed by atoms with Gasteiger partial charge in [-0.2, -0.15) is 0 Å². The van der Waals surface area contributed by atoms with E-state index in [2.05, 4.69) is 24.1 Å². The van der Waals surface area contributed by atoms with Gasteiger partial charge in [0.05, 0.1) is 6.04 Å². The Morgan fingerprint density at radius 3 is 2.79 bits per heavy atom. The van der Waals surface area contributed by atoms with Gasteiger partial charge in [0.1, 0.15) is 5.60 Å². The quantitative estimate of drug-likeness (QED) is 0.706. The Morgan fingerprint density at radius 2 is 2.12 bits per heavy atom. The van der Waals surface area contributed by atoms with Gasteiger partial charge in [-0.1, -0.05) is 24.1 Å². The van der Waals surface area contributed by atoms with Crippen LogP contribution in [-0.4, -0.2) is 28.7 Å². The van der Waals surface area contributed by atoms with Gasteiger partial charge in [0.2, 0.25) is 0 Å². The van der Waals surface area contributed by atoms with Gasteiger partial charge in [-0.25, -0.2) is 4.79 Å². The molecule has 2 atom stereocenters. The lowest BCUT2D eigenvalue weighted by Crippen LogP contribution is -2.53. The fraction of sp³-hybridized carbons (Fsp3) is 0.476. The number of carbonyl (C=O) groups is 1. The number of ether oxygens (including phenoxy) is 1. The van der Waals surface area contributed by atoms with E-state index in [4.69, 9.17) is 11.2 Å². The van der Waals surface area contributed by atoms with Crippen molar-refractivity contribution in [1.82, 2.24) is 4.90 Å². The number of terminal acetylenes is 1. The van der Waals surface area contributed by atoms with E-state index < -0.39 is 5.60 Å². The molecule has 1 aromatic rings. The Balaban J connectivity index is 1.87. The maximum absolute atomic E-state index is 12.6. The van der Waals surface area contributed by atoms with Crippen LogP contribution in [-0.2, 0) is 4.74 Å². The van der Waals surface area contributed by atoms with Gasteiger partial charge >= 0.3 is 6.09 Å². The van der Waals surface area contributed by atoms with E-state index in [0.717, 1.165) is 31.2 Å². The summed E-state index contributed by atoms with van der Waals surface area (Å²) >= 11 is 0. The first-order valence-corrected chi connectivity index (χ1v) is 8.66. The summed E-state index contributed by atoms with van der Waals surface area (Å²) in [6, 6.07) is 8.45. The van der Waals surface area contributed by atoms with Crippen molar-refractivity contribution in [2.24, 2.45) is 0 Å². The smallest absolute Gasteiger partial charge is 0.411 e. The molecule has 2 unspecified atom stereocenters. The highest BCUT2D eigenvalue weighted by molar-refractivity contribution is 5.75. The van der Waals surface area contributed by atoms with Crippen LogP contribution in [0.1, 0.15) is 57.6 Å². The number of fused-ring (bicyclic) bond motifs is 2. The molecule has 3 heteroatoms. The fourth-order valence-corrected chi connectivity index (χ4v) is 3.65. The SMILES string of the molecule is C#Cc1cccc(C2=CC3CCCC(C2)N3C(=O)OC(C)(C)C)c1. The van der Waals surface area contributed by atoms with Crippen molar-refractivity contribution < 1.29 is 9.53 Å². The van der Waals surface area contributed by atoms with E-state index in [9.17, 15) is 4.79 Å². The minimum Gasteiger partial charge on any atom is -0.444 e. The second kappa shape index (κ2) is 6.36. The summed E-state index contributed by atoms with van der Waals surface area (Å²) in [4.78, 5) is 14.6. The van der Waals surface area contributed by atoms with Gasteiger partial charge in [0.15, 0.2) is 0 Å². The summed E-state index contributed by atoms with van der Waals surface area (Å²) in [5.41, 5.74) is 2.90. The van der Waals surface area contributed by atoms with Crippen LogP contribution in [0.25, 0.3) is 5.57 Å². The average molecular weight is 323 g/mol. The highest BCUT2D eigenvalue weighted by Crippen LogP contribution is 2.38. The predicted octanol–water partition coefficient (Wildman–Crippen LogP) is 4.61. The zero-order chi connectivity index (χ0) is 17.3. The first-order chi connectivity index (χ1) is 11.4. The Kier molecular flexibility index (Phi) is 4.41. The molecule has 1 aromatic carbocycles. The molecule has 2 aliphatic rings. The summed E-state index contributed by atoms with van der Waals surface area (Å²) < 4.78 is 5.62. The van der Waals surface area contributed by atoms with Crippen molar-refractivity contribution in [3.8, 4) is 12.3 Å². The number of piperidine rings is 1. The molecule has 0 radical (unpaired) electrons. The second-order valence-corrected chi connectivity index (χ2v) is 7.66. The number of benzene rings is 1. The third-order valence-electron chi connectivity index (χ3n) is 4.64. The normalized spacial score (nSPS) is 23.2. The van der Waals surface area contributed by atoms with Gasteiger partial charge in [-0.15, -0.1) is 6.42 Å². The number of hydrogen-bond acceptors (Lipinski definition) is 2. The van der Waals surface area contributed by atoms with E-state index >= 15 is 0 Å². The Labute approximate surface area is 144 Å². The lowest BCUT2D eigenvalue weighted by Gasteiger charge is -2.45. The standard InChI is InChI=1S/C21H25NO2/c1-5-15-8-6-9-16(12-15)17-13-18-10-7-11-19(14-17)22(18)20(23)24-21(2,3)4/h1,6,8-9,12-13,18-19H,7,10-11,14H2,2-4H3. The largest absolute Gasteiger partial charge is 0.444 e. The van der Waals surface area contributed by atoms with E-state index in [1.807, 2.05) is 37.8 Å². The van der Waals surface area contributed by atoms with Crippen LogP contribution in [0, 0.1) is 12.3 Å². The van der Waals surface area contributed by atoms with E-state index in [0.29, 0.717) is 0 Å². The fourth-order valence-electron chi connectivity index (χ4n) is 3.65. The molecule has 2 heterocycles. The third kappa shape index (κ3) is 3.48. The molecule has 3 rings (SSSR count). The molecule has 2 bridgehead atoms. The molecule has 1 amide bonds. The van der Waals surface area contributed by atoms with Crippen molar-refractivity contribution in [3.63, 3.8) is 0 Å². The lowest BCUT2D eigenvalue weighted by atomic mass is 9.83. The van der Waals surface area contributed by atoms with Gasteiger partial charge in [0, 0.05) is 11.6 Å². The van der Waals surface area contributed by atoms with Crippen molar-refractivity contribution in [2.75, 3.05) is 0 Å². The van der Waals surface area contributed by atoms with Crippen LogP contribution < -0.4 is 0 Å².